The average Bonchev–Trinajstić information content (AvgIpc) is 0.918. The molecule has 0 spiro atoms. The van der Waals surface area contributed by atoms with E-state index in [2.05, 4.69) is 0 Å². The van der Waals surface area contributed by atoms with Gasteiger partial charge in [-0.2, -0.15) is 0 Å². The topological polar surface area (TPSA) is 0 Å². The highest BCUT2D eigenvalue weighted by molar-refractivity contribution is 8.93. The highest BCUT2D eigenvalue weighted by atomic mass is 79.9. The third kappa shape index (κ3) is 14.6. The summed E-state index contributed by atoms with van der Waals surface area (Å²) in [5.41, 5.74) is 0. The van der Waals surface area contributed by atoms with Crippen LogP contribution in [0.25, 0.3) is 0 Å². The molecule has 4 heavy (non-hydrogen) atoms. The molecule has 0 aliphatic rings. The maximum Gasteiger partial charge on any atom is 0.0195 e. The molecular formula is C2H6BrCl. The monoisotopic (exact) mass is 144 g/mol. The lowest BCUT2D eigenvalue weighted by Crippen LogP contribution is -1.36. The number of alkyl halides is 1. The van der Waals surface area contributed by atoms with Crippen molar-refractivity contribution in [1.82, 2.24) is 0 Å². The predicted octanol–water partition coefficient (Wildman–Crippen LogP) is 1.82. The molecule has 0 nitrogen and oxygen atoms in total. The summed E-state index contributed by atoms with van der Waals surface area (Å²) < 4.78 is 0. The SMILES string of the molecule is Br.CCCl. The van der Waals surface area contributed by atoms with E-state index in [9.17, 15) is 0 Å². The molecule has 0 atom stereocenters. The minimum Gasteiger partial charge on any atom is -0.127 e. The van der Waals surface area contributed by atoms with Crippen molar-refractivity contribution >= 4 is 28.6 Å². The Bertz CT molecular complexity index is 6.00. The fraction of sp³-hybridized carbons (Fsp3) is 1.00. The van der Waals surface area contributed by atoms with Crippen molar-refractivity contribution < 1.29 is 0 Å². The van der Waals surface area contributed by atoms with E-state index in [0.717, 1.165) is 5.88 Å². The first-order valence-electron chi connectivity index (χ1n) is 0.974. The molecule has 0 aliphatic heterocycles. The maximum atomic E-state index is 5.00. The molecule has 0 aromatic carbocycles. The van der Waals surface area contributed by atoms with Crippen molar-refractivity contribution in [2.45, 2.75) is 6.92 Å². The van der Waals surface area contributed by atoms with Gasteiger partial charge in [-0.15, -0.1) is 28.6 Å². The number of hydrogen-bond donors (Lipinski definition) is 0. The summed E-state index contributed by atoms with van der Waals surface area (Å²) in [6.45, 7) is 1.89. The standard InChI is InChI=1S/C2H5Cl.BrH/c1-2-3;/h2H2,1H3;1H. The molecular weight excluding hydrogens is 139 g/mol. The average molecular weight is 145 g/mol. The van der Waals surface area contributed by atoms with Gasteiger partial charge in [0.2, 0.25) is 0 Å². The summed E-state index contributed by atoms with van der Waals surface area (Å²) in [7, 11) is 0. The van der Waals surface area contributed by atoms with Crippen molar-refractivity contribution in [2.75, 3.05) is 5.88 Å². The molecule has 0 bridgehead atoms. The minimum absolute atomic E-state index is 0. The lowest BCUT2D eigenvalue weighted by molar-refractivity contribution is 1.51. The molecule has 0 aliphatic carbocycles. The molecule has 0 N–H and O–H groups in total. The highest BCUT2D eigenvalue weighted by Gasteiger charge is 1.38. The van der Waals surface area contributed by atoms with Gasteiger partial charge in [-0.05, 0) is 0 Å². The quantitative estimate of drug-likeness (QED) is 0.456. The molecule has 2 heteroatoms. The molecule has 0 aromatic heterocycles. The Balaban J connectivity index is 0. The Kier molecular flexibility index (Phi) is 20.4. The summed E-state index contributed by atoms with van der Waals surface area (Å²) in [6, 6.07) is 0. The number of hydrogen-bond acceptors (Lipinski definition) is 0. The van der Waals surface area contributed by atoms with Gasteiger partial charge in [-0.1, -0.05) is 6.92 Å². The fourth-order valence-electron chi connectivity index (χ4n) is 0. The zero-order valence-electron chi connectivity index (χ0n) is 2.49. The first-order valence-corrected chi connectivity index (χ1v) is 1.51. The normalized spacial score (nSPS) is 4.50. The van der Waals surface area contributed by atoms with Gasteiger partial charge in [0, 0.05) is 5.88 Å². The van der Waals surface area contributed by atoms with E-state index in [-0.39, 0.29) is 17.0 Å². The van der Waals surface area contributed by atoms with Crippen molar-refractivity contribution in [3.63, 3.8) is 0 Å². The zero-order valence-corrected chi connectivity index (χ0v) is 4.96. The van der Waals surface area contributed by atoms with Crippen molar-refractivity contribution in [2.24, 2.45) is 0 Å². The molecule has 0 aromatic rings. The van der Waals surface area contributed by atoms with Crippen LogP contribution in [0.3, 0.4) is 0 Å². The van der Waals surface area contributed by atoms with E-state index < -0.39 is 0 Å². The molecule has 28 valence electrons. The Morgan fingerprint density at radius 1 is 1.75 bits per heavy atom. The smallest absolute Gasteiger partial charge is 0.0195 e. The maximum absolute atomic E-state index is 5.00. The van der Waals surface area contributed by atoms with E-state index in [4.69, 9.17) is 11.6 Å². The van der Waals surface area contributed by atoms with Gasteiger partial charge in [0.15, 0.2) is 0 Å². The second-order valence-corrected chi connectivity index (χ2v) is 0.802. The van der Waals surface area contributed by atoms with Gasteiger partial charge in [0.05, 0.1) is 0 Å². The van der Waals surface area contributed by atoms with Gasteiger partial charge in [-0.3, -0.25) is 0 Å². The molecule has 0 saturated heterocycles. The number of halogens is 2. The van der Waals surface area contributed by atoms with E-state index in [1.807, 2.05) is 6.92 Å². The molecule has 0 saturated carbocycles. The Morgan fingerprint density at radius 2 is 1.75 bits per heavy atom. The summed E-state index contributed by atoms with van der Waals surface area (Å²) in [4.78, 5) is 0. The minimum atomic E-state index is 0. The van der Waals surface area contributed by atoms with Crippen LogP contribution < -0.4 is 0 Å². The van der Waals surface area contributed by atoms with Crippen LogP contribution in [-0.4, -0.2) is 5.88 Å². The van der Waals surface area contributed by atoms with Crippen LogP contribution in [0.4, 0.5) is 0 Å². The first-order chi connectivity index (χ1) is 1.41. The van der Waals surface area contributed by atoms with Crippen LogP contribution in [0.2, 0.25) is 0 Å². The van der Waals surface area contributed by atoms with Crippen LogP contribution in [0.15, 0.2) is 0 Å². The summed E-state index contributed by atoms with van der Waals surface area (Å²) in [5.74, 6) is 0.722. The summed E-state index contributed by atoms with van der Waals surface area (Å²) in [5, 5.41) is 0. The largest absolute Gasteiger partial charge is 0.127 e. The van der Waals surface area contributed by atoms with Crippen molar-refractivity contribution in [1.29, 1.82) is 0 Å². The van der Waals surface area contributed by atoms with Crippen LogP contribution in [0.1, 0.15) is 6.92 Å². The molecule has 0 rings (SSSR count). The lowest BCUT2D eigenvalue weighted by Gasteiger charge is -1.45. The zero-order chi connectivity index (χ0) is 2.71. The number of rotatable bonds is 0. The van der Waals surface area contributed by atoms with E-state index in [0.29, 0.717) is 0 Å². The van der Waals surface area contributed by atoms with Crippen LogP contribution in [-0.2, 0) is 0 Å². The third-order valence-electron chi connectivity index (χ3n) is 0. The highest BCUT2D eigenvalue weighted by Crippen LogP contribution is 1.59. The van der Waals surface area contributed by atoms with Crippen LogP contribution in [0, 0.1) is 0 Å². The lowest BCUT2D eigenvalue weighted by atomic mass is 11.0. The summed E-state index contributed by atoms with van der Waals surface area (Å²) >= 11 is 5.00. The van der Waals surface area contributed by atoms with Crippen LogP contribution >= 0.6 is 28.6 Å². The van der Waals surface area contributed by atoms with Gasteiger partial charge >= 0.3 is 0 Å². The molecule has 0 amide bonds. The Labute approximate surface area is 41.9 Å². The van der Waals surface area contributed by atoms with E-state index in [1.54, 1.807) is 0 Å². The predicted molar refractivity (Wildman–Crippen MR) is 26.7 cm³/mol. The molecule has 0 fully saturated rings. The molecule has 0 unspecified atom stereocenters. The van der Waals surface area contributed by atoms with Gasteiger partial charge in [0.1, 0.15) is 0 Å². The van der Waals surface area contributed by atoms with Crippen LogP contribution in [0.5, 0.6) is 0 Å². The summed E-state index contributed by atoms with van der Waals surface area (Å²) in [6.07, 6.45) is 0. The van der Waals surface area contributed by atoms with Crippen molar-refractivity contribution in [3.05, 3.63) is 0 Å². The van der Waals surface area contributed by atoms with Gasteiger partial charge in [-0.25, -0.2) is 0 Å². The van der Waals surface area contributed by atoms with E-state index in [1.165, 1.54) is 0 Å². The Hall–Kier alpha value is 0.770. The van der Waals surface area contributed by atoms with E-state index >= 15 is 0 Å². The van der Waals surface area contributed by atoms with Crippen molar-refractivity contribution in [3.8, 4) is 0 Å². The molecule has 0 heterocycles. The fourth-order valence-corrected chi connectivity index (χ4v) is 0. The van der Waals surface area contributed by atoms with Gasteiger partial charge < -0.3 is 0 Å². The third-order valence-corrected chi connectivity index (χ3v) is 0. The Morgan fingerprint density at radius 3 is 1.75 bits per heavy atom. The van der Waals surface area contributed by atoms with Gasteiger partial charge in [0.25, 0.3) is 0 Å². The second kappa shape index (κ2) is 9.23. The first kappa shape index (κ1) is 8.84. The molecule has 0 radical (unpaired) electrons. The second-order valence-electron chi connectivity index (χ2n) is 0.267.